The average Bonchev–Trinajstić information content (AvgIpc) is 3.41. The van der Waals surface area contributed by atoms with Crippen LogP contribution in [-0.2, 0) is 11.3 Å². The Morgan fingerprint density at radius 1 is 1.16 bits per heavy atom. The monoisotopic (exact) mass is 342 g/mol. The second kappa shape index (κ2) is 6.65. The van der Waals surface area contributed by atoms with Crippen molar-refractivity contribution in [3.63, 3.8) is 0 Å². The molecule has 0 aliphatic heterocycles. The zero-order valence-corrected chi connectivity index (χ0v) is 14.8. The van der Waals surface area contributed by atoms with Crippen molar-refractivity contribution in [2.45, 2.75) is 70.5 Å². The van der Waals surface area contributed by atoms with Gasteiger partial charge in [-0.1, -0.05) is 19.4 Å². The molecule has 2 aromatic heterocycles. The molecule has 25 heavy (non-hydrogen) atoms. The molecule has 1 amide bonds. The molecule has 0 aromatic carbocycles. The molecule has 2 aliphatic carbocycles. The van der Waals surface area contributed by atoms with Crippen LogP contribution in [0.3, 0.4) is 0 Å². The molecular weight excluding hydrogens is 316 g/mol. The Morgan fingerprint density at radius 2 is 1.84 bits per heavy atom. The van der Waals surface area contributed by atoms with Gasteiger partial charge in [0.2, 0.25) is 5.91 Å². The zero-order valence-electron chi connectivity index (χ0n) is 14.8. The maximum absolute atomic E-state index is 13.0. The number of pyridine rings is 1. The lowest BCUT2D eigenvalue weighted by Gasteiger charge is -2.37. The molecule has 2 aliphatic rings. The minimum atomic E-state index is -0.241. The summed E-state index contributed by atoms with van der Waals surface area (Å²) in [7, 11) is 0. The average molecular weight is 342 g/mol. The summed E-state index contributed by atoms with van der Waals surface area (Å²) in [6.45, 7) is 2.30. The molecule has 4 rings (SSSR count). The van der Waals surface area contributed by atoms with Gasteiger partial charge in [0.25, 0.3) is 0 Å². The summed E-state index contributed by atoms with van der Waals surface area (Å²) >= 11 is 0. The molecule has 0 N–H and O–H groups in total. The number of hydrogen-bond acceptors (Lipinski definition) is 3. The normalized spacial score (nSPS) is 23.7. The number of aromatic nitrogens is 3. The lowest BCUT2D eigenvalue weighted by molar-refractivity contribution is -0.136. The Labute approximate surface area is 147 Å². The second-order valence-corrected chi connectivity index (χ2v) is 7.48. The van der Waals surface area contributed by atoms with E-state index in [4.69, 9.17) is 0 Å². The summed E-state index contributed by atoms with van der Waals surface area (Å²) in [5, 5.41) is 4.30. The number of amides is 1. The molecule has 0 saturated heterocycles. The van der Waals surface area contributed by atoms with Crippen LogP contribution in [0.25, 0.3) is 5.65 Å². The topological polar surface area (TPSA) is 59.6 Å². The lowest BCUT2D eigenvalue weighted by atomic mass is 9.84. The van der Waals surface area contributed by atoms with Crippen molar-refractivity contribution in [3.8, 4) is 0 Å². The molecule has 2 fully saturated rings. The van der Waals surface area contributed by atoms with E-state index in [9.17, 15) is 9.59 Å². The second-order valence-electron chi connectivity index (χ2n) is 7.48. The fourth-order valence-electron chi connectivity index (χ4n) is 4.17. The highest BCUT2D eigenvalue weighted by atomic mass is 16.2. The summed E-state index contributed by atoms with van der Waals surface area (Å²) < 4.78 is 2.80. The van der Waals surface area contributed by atoms with Gasteiger partial charge in [-0.3, -0.25) is 9.20 Å². The van der Waals surface area contributed by atoms with E-state index < -0.39 is 0 Å². The van der Waals surface area contributed by atoms with Gasteiger partial charge in [-0.2, -0.15) is 0 Å². The van der Waals surface area contributed by atoms with Crippen LogP contribution in [0.2, 0.25) is 0 Å². The standard InChI is InChI=1S/C19H26N4O2/c1-2-14-6-8-15(9-7-14)23(16-10-11-16)18(24)13-22-19(25)21-12-4-3-5-17(21)20-22/h3-5,12,14-16H,2,6-11,13H2,1H3. The van der Waals surface area contributed by atoms with Gasteiger partial charge < -0.3 is 4.90 Å². The van der Waals surface area contributed by atoms with E-state index in [2.05, 4.69) is 16.9 Å². The van der Waals surface area contributed by atoms with Crippen molar-refractivity contribution >= 4 is 11.6 Å². The molecule has 6 heteroatoms. The summed E-state index contributed by atoms with van der Waals surface area (Å²) in [6, 6.07) is 6.15. The molecule has 6 nitrogen and oxygen atoms in total. The molecule has 2 heterocycles. The van der Waals surface area contributed by atoms with Crippen LogP contribution in [0.1, 0.15) is 51.9 Å². The minimum absolute atomic E-state index is 0.0463. The van der Waals surface area contributed by atoms with Gasteiger partial charge in [0.1, 0.15) is 6.54 Å². The van der Waals surface area contributed by atoms with Crippen LogP contribution in [0.15, 0.2) is 29.2 Å². The van der Waals surface area contributed by atoms with Gasteiger partial charge in [0, 0.05) is 18.3 Å². The van der Waals surface area contributed by atoms with Gasteiger partial charge in [0.05, 0.1) is 0 Å². The van der Waals surface area contributed by atoms with Crippen molar-refractivity contribution in [1.29, 1.82) is 0 Å². The maximum atomic E-state index is 13.0. The molecule has 134 valence electrons. The maximum Gasteiger partial charge on any atom is 0.350 e. The number of rotatable bonds is 5. The molecule has 0 spiro atoms. The minimum Gasteiger partial charge on any atom is -0.335 e. The number of hydrogen-bond donors (Lipinski definition) is 0. The summed E-state index contributed by atoms with van der Waals surface area (Å²) in [5.41, 5.74) is 0.344. The van der Waals surface area contributed by atoms with E-state index in [-0.39, 0.29) is 18.1 Å². The molecule has 0 atom stereocenters. The van der Waals surface area contributed by atoms with Gasteiger partial charge >= 0.3 is 5.69 Å². The highest BCUT2D eigenvalue weighted by Crippen LogP contribution is 2.36. The van der Waals surface area contributed by atoms with Crippen molar-refractivity contribution in [3.05, 3.63) is 34.9 Å². The highest BCUT2D eigenvalue weighted by molar-refractivity contribution is 5.77. The van der Waals surface area contributed by atoms with E-state index in [1.165, 1.54) is 28.3 Å². The van der Waals surface area contributed by atoms with Crippen LogP contribution < -0.4 is 5.69 Å². The predicted molar refractivity (Wildman–Crippen MR) is 95.4 cm³/mol. The lowest BCUT2D eigenvalue weighted by Crippen LogP contribution is -2.46. The van der Waals surface area contributed by atoms with Gasteiger partial charge in [0.15, 0.2) is 5.65 Å². The van der Waals surface area contributed by atoms with E-state index in [0.717, 1.165) is 31.6 Å². The first-order chi connectivity index (χ1) is 12.2. The first-order valence-corrected chi connectivity index (χ1v) is 9.52. The van der Waals surface area contributed by atoms with Crippen molar-refractivity contribution in [2.24, 2.45) is 5.92 Å². The Hall–Kier alpha value is -2.11. The summed E-state index contributed by atoms with van der Waals surface area (Å²) in [5.74, 6) is 0.862. The number of carbonyl (C=O) groups excluding carboxylic acids is 1. The largest absolute Gasteiger partial charge is 0.350 e. The Kier molecular flexibility index (Phi) is 4.36. The third kappa shape index (κ3) is 3.22. The Balaban J connectivity index is 1.51. The van der Waals surface area contributed by atoms with Gasteiger partial charge in [-0.25, -0.2) is 9.48 Å². The fourth-order valence-corrected chi connectivity index (χ4v) is 4.17. The van der Waals surface area contributed by atoms with E-state index >= 15 is 0 Å². The summed E-state index contributed by atoms with van der Waals surface area (Å²) in [4.78, 5) is 27.5. The molecule has 0 unspecified atom stereocenters. The highest BCUT2D eigenvalue weighted by Gasteiger charge is 2.38. The van der Waals surface area contributed by atoms with Crippen LogP contribution >= 0.6 is 0 Å². The smallest absolute Gasteiger partial charge is 0.335 e. The number of fused-ring (bicyclic) bond motifs is 1. The number of nitrogens with zero attached hydrogens (tertiary/aromatic N) is 4. The third-order valence-corrected chi connectivity index (χ3v) is 5.79. The van der Waals surface area contributed by atoms with Crippen LogP contribution in [-0.4, -0.2) is 37.1 Å². The Bertz CT molecular complexity index is 812. The zero-order chi connectivity index (χ0) is 17.4. The molecule has 2 saturated carbocycles. The van der Waals surface area contributed by atoms with Gasteiger partial charge in [-0.05, 0) is 56.6 Å². The van der Waals surface area contributed by atoms with Crippen molar-refractivity contribution < 1.29 is 4.79 Å². The first kappa shape index (κ1) is 16.4. The van der Waals surface area contributed by atoms with Crippen LogP contribution in [0.4, 0.5) is 0 Å². The van der Waals surface area contributed by atoms with Crippen molar-refractivity contribution in [1.82, 2.24) is 19.1 Å². The third-order valence-electron chi connectivity index (χ3n) is 5.79. The van der Waals surface area contributed by atoms with Crippen molar-refractivity contribution in [2.75, 3.05) is 0 Å². The quantitative estimate of drug-likeness (QED) is 0.839. The van der Waals surface area contributed by atoms with Gasteiger partial charge in [-0.15, -0.1) is 5.10 Å². The predicted octanol–water partition coefficient (Wildman–Crippen LogP) is 2.46. The van der Waals surface area contributed by atoms with E-state index in [1.54, 1.807) is 18.3 Å². The SMILES string of the molecule is CCC1CCC(N(C(=O)Cn2nc3ccccn3c2=O)C2CC2)CC1. The van der Waals surface area contributed by atoms with Crippen LogP contribution in [0.5, 0.6) is 0 Å². The fraction of sp³-hybridized carbons (Fsp3) is 0.632. The molecular formula is C19H26N4O2. The molecule has 0 radical (unpaired) electrons. The first-order valence-electron chi connectivity index (χ1n) is 9.52. The van der Waals surface area contributed by atoms with Crippen LogP contribution in [0, 0.1) is 5.92 Å². The molecule has 0 bridgehead atoms. The summed E-state index contributed by atoms with van der Waals surface area (Å²) in [6.07, 6.45) is 9.75. The van der Waals surface area contributed by atoms with E-state index in [0.29, 0.717) is 17.7 Å². The van der Waals surface area contributed by atoms with E-state index in [1.807, 2.05) is 6.07 Å². The Morgan fingerprint density at radius 3 is 2.44 bits per heavy atom. The number of carbonyl (C=O) groups is 1. The molecule has 2 aromatic rings.